The first-order valence-electron chi connectivity index (χ1n) is 7.12. The molecule has 0 radical (unpaired) electrons. The van der Waals surface area contributed by atoms with E-state index in [0.717, 1.165) is 29.6 Å². The largest absolute Gasteiger partial charge is 0.343 e. The van der Waals surface area contributed by atoms with Crippen LogP contribution in [0.1, 0.15) is 13.8 Å². The highest BCUT2D eigenvalue weighted by Gasteiger charge is 2.15. The second-order valence-electron chi connectivity index (χ2n) is 4.73. The van der Waals surface area contributed by atoms with Crippen LogP contribution in [0.3, 0.4) is 0 Å². The minimum absolute atomic E-state index is 0.117. The summed E-state index contributed by atoms with van der Waals surface area (Å²) in [4.78, 5) is 13.8. The third-order valence-electron chi connectivity index (χ3n) is 3.38. The van der Waals surface area contributed by atoms with Gasteiger partial charge in [0, 0.05) is 30.7 Å². The fourth-order valence-electron chi connectivity index (χ4n) is 2.08. The minimum Gasteiger partial charge on any atom is -0.343 e. The summed E-state index contributed by atoms with van der Waals surface area (Å²) in [6.45, 7) is 5.41. The summed E-state index contributed by atoms with van der Waals surface area (Å²) in [5, 5.41) is 9.79. The maximum atomic E-state index is 12.0. The number of benzene rings is 1. The summed E-state index contributed by atoms with van der Waals surface area (Å²) in [7, 11) is 1.90. The Labute approximate surface area is 139 Å². The number of carbonyl (C=O) groups is 1. The van der Waals surface area contributed by atoms with Crippen molar-refractivity contribution in [3.63, 3.8) is 0 Å². The maximum Gasteiger partial charge on any atom is 0.233 e. The Morgan fingerprint density at radius 3 is 2.45 bits per heavy atom. The third-order valence-corrected chi connectivity index (χ3v) is 4.64. The second kappa shape index (κ2) is 7.65. The van der Waals surface area contributed by atoms with Crippen molar-refractivity contribution in [3.05, 3.63) is 29.3 Å². The van der Waals surface area contributed by atoms with Crippen LogP contribution in [0.2, 0.25) is 5.02 Å². The molecule has 1 aromatic carbocycles. The van der Waals surface area contributed by atoms with Crippen LogP contribution in [0.4, 0.5) is 0 Å². The Balaban J connectivity index is 2.08. The number of aromatic nitrogens is 3. The standard InChI is InChI=1S/C15H19ClN4OS/c1-4-20(5-2)13(21)10-22-15-18-17-14(19(15)3)11-6-8-12(16)9-7-11/h6-9H,4-5,10H2,1-3H3. The quantitative estimate of drug-likeness (QED) is 0.759. The Bertz CT molecular complexity index is 637. The molecule has 7 heteroatoms. The van der Waals surface area contributed by atoms with Crippen molar-refractivity contribution in [3.8, 4) is 11.4 Å². The van der Waals surface area contributed by atoms with Gasteiger partial charge in [-0.1, -0.05) is 23.4 Å². The van der Waals surface area contributed by atoms with Crippen LogP contribution in [-0.4, -0.2) is 44.4 Å². The highest BCUT2D eigenvalue weighted by atomic mass is 35.5. The van der Waals surface area contributed by atoms with Gasteiger partial charge in [0.25, 0.3) is 0 Å². The normalized spacial score (nSPS) is 10.7. The summed E-state index contributed by atoms with van der Waals surface area (Å²) >= 11 is 7.30. The van der Waals surface area contributed by atoms with E-state index in [-0.39, 0.29) is 5.91 Å². The van der Waals surface area contributed by atoms with Crippen LogP contribution in [-0.2, 0) is 11.8 Å². The lowest BCUT2D eigenvalue weighted by atomic mass is 10.2. The van der Waals surface area contributed by atoms with E-state index in [9.17, 15) is 4.79 Å². The van der Waals surface area contributed by atoms with Gasteiger partial charge >= 0.3 is 0 Å². The van der Waals surface area contributed by atoms with E-state index in [1.165, 1.54) is 11.8 Å². The van der Waals surface area contributed by atoms with Crippen LogP contribution >= 0.6 is 23.4 Å². The molecule has 0 aliphatic carbocycles. The van der Waals surface area contributed by atoms with E-state index >= 15 is 0 Å². The van der Waals surface area contributed by atoms with E-state index in [2.05, 4.69) is 10.2 Å². The van der Waals surface area contributed by atoms with E-state index < -0.39 is 0 Å². The number of thioether (sulfide) groups is 1. The summed E-state index contributed by atoms with van der Waals surface area (Å²) in [5.74, 6) is 1.24. The second-order valence-corrected chi connectivity index (χ2v) is 6.11. The minimum atomic E-state index is 0.117. The molecule has 1 aromatic heterocycles. The predicted molar refractivity (Wildman–Crippen MR) is 90.1 cm³/mol. The first-order valence-corrected chi connectivity index (χ1v) is 8.49. The molecule has 2 rings (SSSR count). The third kappa shape index (κ3) is 3.81. The molecule has 0 unspecified atom stereocenters. The molecule has 1 amide bonds. The Kier molecular flexibility index (Phi) is 5.85. The molecular weight excluding hydrogens is 320 g/mol. The monoisotopic (exact) mass is 338 g/mol. The van der Waals surface area contributed by atoms with E-state index in [1.807, 2.05) is 54.6 Å². The zero-order valence-corrected chi connectivity index (χ0v) is 14.5. The number of amides is 1. The molecule has 0 aliphatic rings. The number of hydrogen-bond donors (Lipinski definition) is 0. The molecule has 1 heterocycles. The topological polar surface area (TPSA) is 51.0 Å². The van der Waals surface area contributed by atoms with Crippen LogP contribution in [0.5, 0.6) is 0 Å². The highest BCUT2D eigenvalue weighted by molar-refractivity contribution is 7.99. The molecular formula is C15H19ClN4OS. The molecule has 0 atom stereocenters. The molecule has 0 saturated carbocycles. The predicted octanol–water partition coefficient (Wildman–Crippen LogP) is 3.10. The molecule has 0 aliphatic heterocycles. The molecule has 0 saturated heterocycles. The van der Waals surface area contributed by atoms with Crippen molar-refractivity contribution in [1.82, 2.24) is 19.7 Å². The SMILES string of the molecule is CCN(CC)C(=O)CSc1nnc(-c2ccc(Cl)cc2)n1C. The zero-order valence-electron chi connectivity index (χ0n) is 12.9. The first kappa shape index (κ1) is 16.8. The van der Waals surface area contributed by atoms with Crippen molar-refractivity contribution < 1.29 is 4.79 Å². The van der Waals surface area contributed by atoms with Crippen molar-refractivity contribution in [2.45, 2.75) is 19.0 Å². The number of halogens is 1. The van der Waals surface area contributed by atoms with Gasteiger partial charge in [-0.25, -0.2) is 0 Å². The van der Waals surface area contributed by atoms with Gasteiger partial charge in [0.05, 0.1) is 5.75 Å². The van der Waals surface area contributed by atoms with E-state index in [4.69, 9.17) is 11.6 Å². The Hall–Kier alpha value is -1.53. The van der Waals surface area contributed by atoms with Gasteiger partial charge in [0.2, 0.25) is 5.91 Å². The lowest BCUT2D eigenvalue weighted by molar-refractivity contribution is -0.127. The van der Waals surface area contributed by atoms with Gasteiger partial charge in [0.15, 0.2) is 11.0 Å². The maximum absolute atomic E-state index is 12.0. The smallest absolute Gasteiger partial charge is 0.233 e. The van der Waals surface area contributed by atoms with Gasteiger partial charge in [-0.3, -0.25) is 4.79 Å². The van der Waals surface area contributed by atoms with Gasteiger partial charge in [0.1, 0.15) is 0 Å². The van der Waals surface area contributed by atoms with Gasteiger partial charge < -0.3 is 9.47 Å². The van der Waals surface area contributed by atoms with Crippen molar-refractivity contribution in [2.75, 3.05) is 18.8 Å². The van der Waals surface area contributed by atoms with Crippen LogP contribution in [0.15, 0.2) is 29.4 Å². The summed E-state index contributed by atoms with van der Waals surface area (Å²) in [6, 6.07) is 7.45. The van der Waals surface area contributed by atoms with Crippen molar-refractivity contribution in [2.24, 2.45) is 7.05 Å². The van der Waals surface area contributed by atoms with Gasteiger partial charge in [-0.15, -0.1) is 10.2 Å². The summed E-state index contributed by atoms with van der Waals surface area (Å²) < 4.78 is 1.89. The molecule has 0 fully saturated rings. The lowest BCUT2D eigenvalue weighted by Gasteiger charge is -2.17. The average Bonchev–Trinajstić information content (AvgIpc) is 2.88. The molecule has 0 spiro atoms. The molecule has 22 heavy (non-hydrogen) atoms. The highest BCUT2D eigenvalue weighted by Crippen LogP contribution is 2.24. The molecule has 0 bridgehead atoms. The Morgan fingerprint density at radius 2 is 1.86 bits per heavy atom. The first-order chi connectivity index (χ1) is 10.6. The number of rotatable bonds is 6. The molecule has 2 aromatic rings. The fourth-order valence-corrected chi connectivity index (χ4v) is 3.02. The van der Waals surface area contributed by atoms with Crippen LogP contribution in [0.25, 0.3) is 11.4 Å². The van der Waals surface area contributed by atoms with Crippen molar-refractivity contribution in [1.29, 1.82) is 0 Å². The number of nitrogens with zero attached hydrogens (tertiary/aromatic N) is 4. The average molecular weight is 339 g/mol. The van der Waals surface area contributed by atoms with Crippen molar-refractivity contribution >= 4 is 29.3 Å². The van der Waals surface area contributed by atoms with E-state index in [0.29, 0.717) is 10.8 Å². The fraction of sp³-hybridized carbons (Fsp3) is 0.400. The summed E-state index contributed by atoms with van der Waals surface area (Å²) in [5.41, 5.74) is 0.946. The lowest BCUT2D eigenvalue weighted by Crippen LogP contribution is -2.31. The van der Waals surface area contributed by atoms with Gasteiger partial charge in [-0.2, -0.15) is 0 Å². The summed E-state index contributed by atoms with van der Waals surface area (Å²) in [6.07, 6.45) is 0. The molecule has 118 valence electrons. The van der Waals surface area contributed by atoms with Crippen LogP contribution < -0.4 is 0 Å². The molecule has 5 nitrogen and oxygen atoms in total. The number of carbonyl (C=O) groups excluding carboxylic acids is 1. The van der Waals surface area contributed by atoms with Gasteiger partial charge in [-0.05, 0) is 38.1 Å². The zero-order chi connectivity index (χ0) is 16.1. The Morgan fingerprint density at radius 1 is 1.23 bits per heavy atom. The molecule has 0 N–H and O–H groups in total. The van der Waals surface area contributed by atoms with E-state index in [1.54, 1.807) is 0 Å². The number of hydrogen-bond acceptors (Lipinski definition) is 4. The van der Waals surface area contributed by atoms with Crippen LogP contribution in [0, 0.1) is 0 Å².